The van der Waals surface area contributed by atoms with Crippen LogP contribution in [0.25, 0.3) is 0 Å². The first-order valence-electron chi connectivity index (χ1n) is 6.67. The van der Waals surface area contributed by atoms with Crippen LogP contribution in [-0.4, -0.2) is 25.1 Å². The van der Waals surface area contributed by atoms with E-state index in [9.17, 15) is 13.5 Å². The molecule has 2 aromatic rings. The van der Waals surface area contributed by atoms with Gasteiger partial charge >= 0.3 is 0 Å². The summed E-state index contributed by atoms with van der Waals surface area (Å²) in [5, 5.41) is 11.9. The van der Waals surface area contributed by atoms with Crippen LogP contribution < -0.4 is 4.72 Å². The van der Waals surface area contributed by atoms with Crippen molar-refractivity contribution in [3.63, 3.8) is 0 Å². The van der Waals surface area contributed by atoms with E-state index >= 15 is 0 Å². The summed E-state index contributed by atoms with van der Waals surface area (Å²) in [7, 11) is -3.57. The van der Waals surface area contributed by atoms with Gasteiger partial charge in [0.2, 0.25) is 10.0 Å². The number of sulfonamides is 1. The Labute approximate surface area is 128 Å². The molecule has 5 nitrogen and oxygen atoms in total. The predicted molar refractivity (Wildman–Crippen MR) is 82.7 cm³/mol. The number of rotatable bonds is 7. The fraction of sp³-hybridized carbons (Fsp3) is 0.357. The van der Waals surface area contributed by atoms with Crippen LogP contribution in [0.4, 0.5) is 0 Å². The van der Waals surface area contributed by atoms with Gasteiger partial charge in [0, 0.05) is 24.5 Å². The lowest BCUT2D eigenvalue weighted by Crippen LogP contribution is -2.27. The van der Waals surface area contributed by atoms with Gasteiger partial charge in [-0.3, -0.25) is 0 Å². The number of aryl methyl sites for hydroxylation is 1. The fourth-order valence-electron chi connectivity index (χ4n) is 1.99. The summed E-state index contributed by atoms with van der Waals surface area (Å²) < 4.78 is 27.4. The van der Waals surface area contributed by atoms with Crippen LogP contribution in [0.3, 0.4) is 0 Å². The van der Waals surface area contributed by atoms with Crippen LogP contribution in [0.15, 0.2) is 34.7 Å². The third-order valence-electron chi connectivity index (χ3n) is 3.10. The maximum atomic E-state index is 12.4. The molecule has 0 saturated carbocycles. The Morgan fingerprint density at radius 2 is 2.19 bits per heavy atom. The molecule has 0 unspecified atom stereocenters. The number of benzene rings is 1. The molecule has 0 aliphatic carbocycles. The normalized spacial score (nSPS) is 11.7. The van der Waals surface area contributed by atoms with Crippen molar-refractivity contribution >= 4 is 21.4 Å². The van der Waals surface area contributed by atoms with Crippen LogP contribution in [0.5, 0.6) is 0 Å². The Bertz CT molecular complexity index is 682. The minimum atomic E-state index is -3.57. The monoisotopic (exact) mass is 326 g/mol. The highest BCUT2D eigenvalue weighted by Crippen LogP contribution is 2.18. The number of aliphatic hydroxyl groups excluding tert-OH is 1. The van der Waals surface area contributed by atoms with Crippen molar-refractivity contribution in [2.75, 3.05) is 6.54 Å². The summed E-state index contributed by atoms with van der Waals surface area (Å²) in [5.74, 6) is 0. The minimum absolute atomic E-state index is 0.175. The maximum absolute atomic E-state index is 12.4. The number of thiazole rings is 1. The fourth-order valence-corrected chi connectivity index (χ4v) is 4.00. The van der Waals surface area contributed by atoms with Crippen LogP contribution in [-0.2, 0) is 29.5 Å². The van der Waals surface area contributed by atoms with Crippen molar-refractivity contribution in [3.8, 4) is 0 Å². The molecule has 0 atom stereocenters. The second-order valence-electron chi connectivity index (χ2n) is 4.53. The van der Waals surface area contributed by atoms with E-state index in [1.54, 1.807) is 18.3 Å². The van der Waals surface area contributed by atoms with Crippen molar-refractivity contribution in [2.24, 2.45) is 0 Å². The zero-order chi connectivity index (χ0) is 15.3. The summed E-state index contributed by atoms with van der Waals surface area (Å²) in [4.78, 5) is 4.37. The van der Waals surface area contributed by atoms with Crippen LogP contribution in [0.2, 0.25) is 0 Å². The standard InChI is InChI=1S/C14H18N2O3S2/c1-2-12-4-3-11(10-17)9-13(12)21(18,19)16-6-5-14-15-7-8-20-14/h3-4,7-9,16-17H,2,5-6,10H2,1H3. The highest BCUT2D eigenvalue weighted by Gasteiger charge is 2.18. The number of hydrogen-bond acceptors (Lipinski definition) is 5. The Morgan fingerprint density at radius 1 is 1.38 bits per heavy atom. The lowest BCUT2D eigenvalue weighted by atomic mass is 10.1. The molecule has 0 radical (unpaired) electrons. The van der Waals surface area contributed by atoms with Gasteiger partial charge in [-0.25, -0.2) is 18.1 Å². The van der Waals surface area contributed by atoms with Crippen LogP contribution >= 0.6 is 11.3 Å². The number of nitrogens with one attached hydrogen (secondary N) is 1. The van der Waals surface area contributed by atoms with Crippen LogP contribution in [0, 0.1) is 0 Å². The molecule has 0 saturated heterocycles. The molecule has 0 bridgehead atoms. The number of nitrogens with zero attached hydrogens (tertiary/aromatic N) is 1. The Hall–Kier alpha value is -1.28. The van der Waals surface area contributed by atoms with Crippen molar-refractivity contribution < 1.29 is 13.5 Å². The molecule has 1 aromatic heterocycles. The average molecular weight is 326 g/mol. The van der Waals surface area contributed by atoms with Gasteiger partial charge < -0.3 is 5.11 Å². The van der Waals surface area contributed by atoms with E-state index in [0.29, 0.717) is 24.9 Å². The van der Waals surface area contributed by atoms with E-state index in [-0.39, 0.29) is 11.5 Å². The minimum Gasteiger partial charge on any atom is -0.392 e. The molecule has 7 heteroatoms. The molecule has 0 fully saturated rings. The first kappa shape index (κ1) is 16.1. The molecule has 0 aliphatic rings. The summed E-state index contributed by atoms with van der Waals surface area (Å²) in [6.45, 7) is 2.04. The molecule has 2 rings (SSSR count). The van der Waals surface area contributed by atoms with Crippen molar-refractivity contribution in [1.82, 2.24) is 9.71 Å². The van der Waals surface area contributed by atoms with Gasteiger partial charge in [-0.05, 0) is 23.6 Å². The van der Waals surface area contributed by atoms with Crippen molar-refractivity contribution in [3.05, 3.63) is 45.9 Å². The van der Waals surface area contributed by atoms with Crippen molar-refractivity contribution in [1.29, 1.82) is 0 Å². The largest absolute Gasteiger partial charge is 0.392 e. The number of aliphatic hydroxyl groups is 1. The number of aromatic nitrogens is 1. The Kier molecular flexibility index (Phi) is 5.46. The van der Waals surface area contributed by atoms with E-state index in [2.05, 4.69) is 9.71 Å². The van der Waals surface area contributed by atoms with Gasteiger partial charge in [-0.15, -0.1) is 11.3 Å². The van der Waals surface area contributed by atoms with E-state index < -0.39 is 10.0 Å². The molecule has 0 amide bonds. The first-order chi connectivity index (χ1) is 10.1. The summed E-state index contributed by atoms with van der Waals surface area (Å²) in [6, 6.07) is 5.03. The Balaban J connectivity index is 2.14. The van der Waals surface area contributed by atoms with E-state index in [1.807, 2.05) is 12.3 Å². The Morgan fingerprint density at radius 3 is 2.81 bits per heavy atom. The molecule has 0 spiro atoms. The van der Waals surface area contributed by atoms with E-state index in [0.717, 1.165) is 10.6 Å². The predicted octanol–water partition coefficient (Wildman–Crippen LogP) is 1.72. The lowest BCUT2D eigenvalue weighted by molar-refractivity contribution is 0.281. The van der Waals surface area contributed by atoms with Gasteiger partial charge in [-0.2, -0.15) is 0 Å². The quantitative estimate of drug-likeness (QED) is 0.812. The smallest absolute Gasteiger partial charge is 0.240 e. The van der Waals surface area contributed by atoms with Gasteiger partial charge in [0.05, 0.1) is 16.5 Å². The lowest BCUT2D eigenvalue weighted by Gasteiger charge is -2.11. The second kappa shape index (κ2) is 7.13. The molecule has 2 N–H and O–H groups in total. The molecule has 1 aromatic carbocycles. The molecular formula is C14H18N2O3S2. The van der Waals surface area contributed by atoms with Crippen molar-refractivity contribution in [2.45, 2.75) is 31.3 Å². The summed E-state index contributed by atoms with van der Waals surface area (Å²) >= 11 is 1.50. The molecule has 0 aliphatic heterocycles. The third kappa shape index (κ3) is 4.10. The average Bonchev–Trinajstić information content (AvgIpc) is 2.99. The first-order valence-corrected chi connectivity index (χ1v) is 9.03. The topological polar surface area (TPSA) is 79.3 Å². The highest BCUT2D eigenvalue weighted by atomic mass is 32.2. The second-order valence-corrected chi connectivity index (χ2v) is 7.24. The van der Waals surface area contributed by atoms with E-state index in [4.69, 9.17) is 0 Å². The number of hydrogen-bond donors (Lipinski definition) is 2. The van der Waals surface area contributed by atoms with Crippen LogP contribution in [0.1, 0.15) is 23.1 Å². The molecular weight excluding hydrogens is 308 g/mol. The zero-order valence-corrected chi connectivity index (χ0v) is 13.4. The SMILES string of the molecule is CCc1ccc(CO)cc1S(=O)(=O)NCCc1nccs1. The van der Waals surface area contributed by atoms with Gasteiger partial charge in [0.25, 0.3) is 0 Å². The van der Waals surface area contributed by atoms with E-state index in [1.165, 1.54) is 17.4 Å². The maximum Gasteiger partial charge on any atom is 0.240 e. The summed E-state index contributed by atoms with van der Waals surface area (Å²) in [6.07, 6.45) is 2.89. The molecule has 114 valence electrons. The zero-order valence-electron chi connectivity index (χ0n) is 11.7. The van der Waals surface area contributed by atoms with Gasteiger partial charge in [-0.1, -0.05) is 19.1 Å². The highest BCUT2D eigenvalue weighted by molar-refractivity contribution is 7.89. The van der Waals surface area contributed by atoms with Gasteiger partial charge in [0.1, 0.15) is 0 Å². The third-order valence-corrected chi connectivity index (χ3v) is 5.48. The molecule has 21 heavy (non-hydrogen) atoms. The molecule has 1 heterocycles. The van der Waals surface area contributed by atoms with Gasteiger partial charge in [0.15, 0.2) is 0 Å². The summed E-state index contributed by atoms with van der Waals surface area (Å²) in [5.41, 5.74) is 1.33.